The van der Waals surface area contributed by atoms with E-state index in [9.17, 15) is 4.79 Å². The molecule has 0 bridgehead atoms. The van der Waals surface area contributed by atoms with Gasteiger partial charge in [0.1, 0.15) is 0 Å². The van der Waals surface area contributed by atoms with Crippen LogP contribution in [0.5, 0.6) is 0 Å². The third kappa shape index (κ3) is 4.51. The third-order valence-corrected chi connectivity index (χ3v) is 5.48. The SMILES string of the molecule is C=CCn1c(SCC(=O)Nc2cccc(C)c2C)nnc1-c1cccc(C)c1. The van der Waals surface area contributed by atoms with E-state index in [1.165, 1.54) is 11.8 Å². The highest BCUT2D eigenvalue weighted by atomic mass is 32.2. The van der Waals surface area contributed by atoms with Crippen molar-refractivity contribution in [1.82, 2.24) is 14.8 Å². The fraction of sp³-hybridized carbons (Fsp3) is 0.227. The summed E-state index contributed by atoms with van der Waals surface area (Å²) in [6.45, 7) is 10.5. The molecule has 2 aromatic carbocycles. The van der Waals surface area contributed by atoms with Crippen LogP contribution in [0.1, 0.15) is 16.7 Å². The molecule has 0 saturated heterocycles. The average Bonchev–Trinajstić information content (AvgIpc) is 3.07. The first kappa shape index (κ1) is 19.9. The van der Waals surface area contributed by atoms with Gasteiger partial charge in [0.05, 0.1) is 5.75 Å². The molecule has 0 saturated carbocycles. The number of allylic oxidation sites excluding steroid dienone is 1. The number of benzene rings is 2. The molecule has 0 atom stereocenters. The zero-order valence-corrected chi connectivity index (χ0v) is 17.2. The molecule has 0 unspecified atom stereocenters. The lowest BCUT2D eigenvalue weighted by molar-refractivity contribution is -0.113. The summed E-state index contributed by atoms with van der Waals surface area (Å²) in [5.74, 6) is 0.973. The van der Waals surface area contributed by atoms with E-state index in [0.29, 0.717) is 11.7 Å². The first-order valence-electron chi connectivity index (χ1n) is 9.09. The highest BCUT2D eigenvalue weighted by Crippen LogP contribution is 2.25. The van der Waals surface area contributed by atoms with Gasteiger partial charge in [-0.2, -0.15) is 0 Å². The first-order valence-corrected chi connectivity index (χ1v) is 10.1. The van der Waals surface area contributed by atoms with E-state index < -0.39 is 0 Å². The van der Waals surface area contributed by atoms with Gasteiger partial charge >= 0.3 is 0 Å². The van der Waals surface area contributed by atoms with Crippen LogP contribution in [0.2, 0.25) is 0 Å². The fourth-order valence-electron chi connectivity index (χ4n) is 2.89. The van der Waals surface area contributed by atoms with E-state index in [2.05, 4.69) is 28.2 Å². The quantitative estimate of drug-likeness (QED) is 0.464. The Balaban J connectivity index is 1.74. The van der Waals surface area contributed by atoms with Crippen LogP contribution in [0.3, 0.4) is 0 Å². The van der Waals surface area contributed by atoms with E-state index in [0.717, 1.165) is 33.8 Å². The van der Waals surface area contributed by atoms with Crippen molar-refractivity contribution in [2.75, 3.05) is 11.1 Å². The molecule has 0 aliphatic heterocycles. The number of amides is 1. The first-order chi connectivity index (χ1) is 13.5. The number of rotatable bonds is 7. The van der Waals surface area contributed by atoms with Crippen molar-refractivity contribution in [3.05, 3.63) is 71.8 Å². The summed E-state index contributed by atoms with van der Waals surface area (Å²) in [6, 6.07) is 14.0. The molecule has 5 nitrogen and oxygen atoms in total. The van der Waals surface area contributed by atoms with Crippen LogP contribution in [0.4, 0.5) is 5.69 Å². The summed E-state index contributed by atoms with van der Waals surface area (Å²) in [4.78, 5) is 12.4. The van der Waals surface area contributed by atoms with Crippen molar-refractivity contribution in [1.29, 1.82) is 0 Å². The van der Waals surface area contributed by atoms with Crippen molar-refractivity contribution < 1.29 is 4.79 Å². The molecule has 6 heteroatoms. The van der Waals surface area contributed by atoms with Gasteiger partial charge in [0, 0.05) is 17.8 Å². The molecule has 1 aromatic heterocycles. The number of carbonyl (C=O) groups excluding carboxylic acids is 1. The number of aryl methyl sites for hydroxylation is 2. The number of nitrogens with zero attached hydrogens (tertiary/aromatic N) is 3. The summed E-state index contributed by atoms with van der Waals surface area (Å²) >= 11 is 1.37. The second-order valence-electron chi connectivity index (χ2n) is 6.66. The minimum atomic E-state index is -0.0658. The summed E-state index contributed by atoms with van der Waals surface area (Å²) in [7, 11) is 0. The number of hydrogen-bond acceptors (Lipinski definition) is 4. The molecule has 144 valence electrons. The van der Waals surface area contributed by atoms with Crippen molar-refractivity contribution in [2.45, 2.75) is 32.5 Å². The number of aromatic nitrogens is 3. The highest BCUT2D eigenvalue weighted by Gasteiger charge is 2.15. The van der Waals surface area contributed by atoms with Crippen molar-refractivity contribution >= 4 is 23.4 Å². The van der Waals surface area contributed by atoms with Crippen LogP contribution < -0.4 is 5.32 Å². The second-order valence-corrected chi connectivity index (χ2v) is 7.60. The summed E-state index contributed by atoms with van der Waals surface area (Å²) in [5.41, 5.74) is 5.24. The number of anilines is 1. The topological polar surface area (TPSA) is 59.8 Å². The lowest BCUT2D eigenvalue weighted by Gasteiger charge is -2.11. The predicted octanol–water partition coefficient (Wildman–Crippen LogP) is 4.79. The van der Waals surface area contributed by atoms with Crippen molar-refractivity contribution in [2.24, 2.45) is 0 Å². The van der Waals surface area contributed by atoms with E-state index >= 15 is 0 Å². The minimum absolute atomic E-state index is 0.0658. The Morgan fingerprint density at radius 1 is 1.18 bits per heavy atom. The maximum Gasteiger partial charge on any atom is 0.234 e. The molecule has 0 fully saturated rings. The average molecular weight is 393 g/mol. The zero-order valence-electron chi connectivity index (χ0n) is 16.4. The smallest absolute Gasteiger partial charge is 0.234 e. The molecule has 3 aromatic rings. The summed E-state index contributed by atoms with van der Waals surface area (Å²) in [6.07, 6.45) is 1.81. The van der Waals surface area contributed by atoms with Gasteiger partial charge in [-0.05, 0) is 44.0 Å². The molecular formula is C22H24N4OS. The Hall–Kier alpha value is -2.86. The zero-order chi connectivity index (χ0) is 20.1. The van der Waals surface area contributed by atoms with Crippen LogP contribution in [0.15, 0.2) is 60.3 Å². The Labute approximate surface area is 169 Å². The van der Waals surface area contributed by atoms with Crippen LogP contribution in [-0.4, -0.2) is 26.4 Å². The molecule has 3 rings (SSSR count). The lowest BCUT2D eigenvalue weighted by atomic mass is 10.1. The van der Waals surface area contributed by atoms with Gasteiger partial charge < -0.3 is 5.32 Å². The number of hydrogen-bond donors (Lipinski definition) is 1. The van der Waals surface area contributed by atoms with Gasteiger partial charge in [-0.15, -0.1) is 16.8 Å². The Kier molecular flexibility index (Phi) is 6.31. The molecule has 1 amide bonds. The van der Waals surface area contributed by atoms with Gasteiger partial charge in [-0.1, -0.05) is 53.7 Å². The standard InChI is InChI=1S/C22H24N4OS/c1-5-12-26-21(18-10-6-8-15(2)13-18)24-25-22(26)28-14-20(27)23-19-11-7-9-16(3)17(19)4/h5-11,13H,1,12,14H2,2-4H3,(H,23,27). The van der Waals surface area contributed by atoms with Crippen LogP contribution in [0.25, 0.3) is 11.4 Å². The van der Waals surface area contributed by atoms with Crippen LogP contribution in [-0.2, 0) is 11.3 Å². The molecule has 0 spiro atoms. The summed E-state index contributed by atoms with van der Waals surface area (Å²) < 4.78 is 1.98. The van der Waals surface area contributed by atoms with Gasteiger partial charge in [-0.3, -0.25) is 9.36 Å². The highest BCUT2D eigenvalue weighted by molar-refractivity contribution is 7.99. The summed E-state index contributed by atoms with van der Waals surface area (Å²) in [5, 5.41) is 12.3. The Morgan fingerprint density at radius 3 is 2.71 bits per heavy atom. The van der Waals surface area contributed by atoms with Crippen LogP contribution in [0, 0.1) is 20.8 Å². The van der Waals surface area contributed by atoms with E-state index in [1.54, 1.807) is 0 Å². The number of carbonyl (C=O) groups is 1. The molecule has 28 heavy (non-hydrogen) atoms. The molecule has 1 N–H and O–H groups in total. The Bertz CT molecular complexity index is 1010. The van der Waals surface area contributed by atoms with Gasteiger partial charge in [-0.25, -0.2) is 0 Å². The molecular weight excluding hydrogens is 368 g/mol. The number of thioether (sulfide) groups is 1. The van der Waals surface area contributed by atoms with E-state index in [-0.39, 0.29) is 11.7 Å². The molecule has 0 aliphatic rings. The predicted molar refractivity (Wildman–Crippen MR) is 116 cm³/mol. The molecule has 1 heterocycles. The van der Waals surface area contributed by atoms with Crippen LogP contribution >= 0.6 is 11.8 Å². The molecule has 0 aliphatic carbocycles. The van der Waals surface area contributed by atoms with Crippen molar-refractivity contribution in [3.63, 3.8) is 0 Å². The monoisotopic (exact) mass is 392 g/mol. The van der Waals surface area contributed by atoms with Gasteiger partial charge in [0.15, 0.2) is 11.0 Å². The van der Waals surface area contributed by atoms with E-state index in [1.807, 2.05) is 67.8 Å². The second kappa shape index (κ2) is 8.89. The largest absolute Gasteiger partial charge is 0.325 e. The molecule has 0 radical (unpaired) electrons. The Morgan fingerprint density at radius 2 is 1.96 bits per heavy atom. The fourth-order valence-corrected chi connectivity index (χ4v) is 3.64. The maximum absolute atomic E-state index is 12.4. The maximum atomic E-state index is 12.4. The number of nitrogens with one attached hydrogen (secondary N) is 1. The lowest BCUT2D eigenvalue weighted by Crippen LogP contribution is -2.15. The normalized spacial score (nSPS) is 10.7. The minimum Gasteiger partial charge on any atom is -0.325 e. The van der Waals surface area contributed by atoms with Gasteiger partial charge in [0.25, 0.3) is 0 Å². The van der Waals surface area contributed by atoms with E-state index in [4.69, 9.17) is 0 Å². The third-order valence-electron chi connectivity index (χ3n) is 4.52. The van der Waals surface area contributed by atoms with Crippen molar-refractivity contribution in [3.8, 4) is 11.4 Å². The van der Waals surface area contributed by atoms with Gasteiger partial charge in [0.2, 0.25) is 5.91 Å².